The molecule has 0 N–H and O–H groups in total. The van der Waals surface area contributed by atoms with Gasteiger partial charge in [0.05, 0.1) is 16.6 Å². The zero-order valence-electron chi connectivity index (χ0n) is 16.4. The minimum absolute atomic E-state index is 0.0891. The number of hydrogen-bond donors (Lipinski definition) is 0. The number of carbonyl (C=O) groups is 1. The maximum atomic E-state index is 12.6. The Labute approximate surface area is 169 Å². The van der Waals surface area contributed by atoms with E-state index in [9.17, 15) is 4.79 Å². The Morgan fingerprint density at radius 3 is 2.56 bits per heavy atom. The molecule has 27 heavy (non-hydrogen) atoms. The highest BCUT2D eigenvalue weighted by molar-refractivity contribution is 7.98. The van der Waals surface area contributed by atoms with E-state index in [-0.39, 0.29) is 5.91 Å². The van der Waals surface area contributed by atoms with E-state index in [1.165, 1.54) is 15.2 Å². The third-order valence-corrected chi connectivity index (χ3v) is 6.33. The van der Waals surface area contributed by atoms with Gasteiger partial charge in [0, 0.05) is 11.4 Å². The van der Waals surface area contributed by atoms with Gasteiger partial charge in [0.25, 0.3) is 5.91 Å². The van der Waals surface area contributed by atoms with Crippen molar-refractivity contribution in [2.24, 2.45) is 4.99 Å². The highest BCUT2D eigenvalue weighted by Gasteiger charge is 2.09. The van der Waals surface area contributed by atoms with Crippen LogP contribution in [0, 0.1) is 0 Å². The molecule has 0 aliphatic carbocycles. The minimum atomic E-state index is -0.0891. The number of nitrogens with zero attached hydrogens (tertiary/aromatic N) is 2. The second-order valence-electron chi connectivity index (χ2n) is 6.95. The van der Waals surface area contributed by atoms with Gasteiger partial charge in [0.2, 0.25) is 0 Å². The summed E-state index contributed by atoms with van der Waals surface area (Å²) in [5.74, 6) is 0.408. The van der Waals surface area contributed by atoms with Crippen molar-refractivity contribution in [1.29, 1.82) is 0 Å². The molecule has 1 heterocycles. The van der Waals surface area contributed by atoms with Crippen LogP contribution in [0.4, 0.5) is 0 Å². The number of fused-ring (bicyclic) bond motifs is 1. The Hall–Kier alpha value is -1.85. The Kier molecular flexibility index (Phi) is 6.55. The quantitative estimate of drug-likeness (QED) is 0.504. The monoisotopic (exact) mass is 398 g/mol. The van der Waals surface area contributed by atoms with Crippen LogP contribution in [0.3, 0.4) is 0 Å². The van der Waals surface area contributed by atoms with Gasteiger partial charge in [-0.05, 0) is 47.9 Å². The highest BCUT2D eigenvalue weighted by Crippen LogP contribution is 2.24. The van der Waals surface area contributed by atoms with Gasteiger partial charge in [0.1, 0.15) is 0 Å². The fourth-order valence-corrected chi connectivity index (χ4v) is 4.67. The molecule has 0 radical (unpaired) electrons. The number of thiazole rings is 1. The molecule has 1 amide bonds. The van der Waals surface area contributed by atoms with Gasteiger partial charge in [-0.2, -0.15) is 4.99 Å². The van der Waals surface area contributed by atoms with Gasteiger partial charge in [0.15, 0.2) is 4.80 Å². The summed E-state index contributed by atoms with van der Waals surface area (Å²) in [5.41, 5.74) is 3.46. The molecular weight excluding hydrogens is 372 g/mol. The second kappa shape index (κ2) is 8.89. The van der Waals surface area contributed by atoms with Crippen molar-refractivity contribution in [2.45, 2.75) is 51.0 Å². The van der Waals surface area contributed by atoms with Gasteiger partial charge in [-0.1, -0.05) is 56.4 Å². The van der Waals surface area contributed by atoms with E-state index < -0.39 is 0 Å². The van der Waals surface area contributed by atoms with E-state index in [0.717, 1.165) is 28.8 Å². The van der Waals surface area contributed by atoms with E-state index in [1.54, 1.807) is 23.1 Å². The number of rotatable bonds is 6. The van der Waals surface area contributed by atoms with Crippen LogP contribution in [0.1, 0.15) is 44.2 Å². The molecule has 0 unspecified atom stereocenters. The first-order valence-electron chi connectivity index (χ1n) is 9.35. The first-order chi connectivity index (χ1) is 13.0. The fraction of sp³-hybridized carbons (Fsp3) is 0.364. The topological polar surface area (TPSA) is 34.4 Å². The van der Waals surface area contributed by atoms with E-state index >= 15 is 0 Å². The maximum Gasteiger partial charge on any atom is 0.252 e. The number of thioether (sulfide) groups is 1. The van der Waals surface area contributed by atoms with Crippen molar-refractivity contribution in [1.82, 2.24) is 4.57 Å². The molecule has 0 spiro atoms. The van der Waals surface area contributed by atoms with E-state index in [4.69, 9.17) is 0 Å². The van der Waals surface area contributed by atoms with Gasteiger partial charge < -0.3 is 4.57 Å². The zero-order valence-corrected chi connectivity index (χ0v) is 18.0. The molecule has 3 rings (SSSR count). The molecule has 2 aromatic carbocycles. The van der Waals surface area contributed by atoms with Crippen LogP contribution >= 0.6 is 23.1 Å². The first kappa shape index (κ1) is 19.9. The summed E-state index contributed by atoms with van der Waals surface area (Å²) in [6, 6.07) is 14.7. The van der Waals surface area contributed by atoms with Crippen LogP contribution in [0.2, 0.25) is 0 Å². The van der Waals surface area contributed by atoms with E-state index in [2.05, 4.69) is 66.9 Å². The van der Waals surface area contributed by atoms with Gasteiger partial charge in [-0.25, -0.2) is 0 Å². The summed E-state index contributed by atoms with van der Waals surface area (Å²) in [5, 5.41) is 0. The predicted octanol–water partition coefficient (Wildman–Crippen LogP) is 5.63. The molecule has 0 atom stereocenters. The third kappa shape index (κ3) is 4.71. The molecular formula is C22H26N2OS2. The summed E-state index contributed by atoms with van der Waals surface area (Å²) in [4.78, 5) is 19.1. The molecule has 1 aromatic heterocycles. The molecule has 3 aromatic rings. The van der Waals surface area contributed by atoms with Crippen molar-refractivity contribution >= 4 is 39.2 Å². The lowest BCUT2D eigenvalue weighted by atomic mass is 10.0. The molecule has 0 fully saturated rings. The Morgan fingerprint density at radius 1 is 1.19 bits per heavy atom. The zero-order chi connectivity index (χ0) is 19.4. The Balaban J connectivity index is 1.91. The molecule has 3 nitrogen and oxygen atoms in total. The van der Waals surface area contributed by atoms with Gasteiger partial charge >= 0.3 is 0 Å². The number of aryl methyl sites for hydroxylation is 1. The number of benzene rings is 2. The summed E-state index contributed by atoms with van der Waals surface area (Å²) in [6.45, 7) is 7.36. The molecule has 142 valence electrons. The normalized spacial score (nSPS) is 12.3. The van der Waals surface area contributed by atoms with Crippen molar-refractivity contribution in [3.8, 4) is 0 Å². The van der Waals surface area contributed by atoms with Crippen LogP contribution in [-0.2, 0) is 17.8 Å². The molecule has 0 aliphatic heterocycles. The Bertz CT molecular complexity index is 997. The maximum absolute atomic E-state index is 12.6. The summed E-state index contributed by atoms with van der Waals surface area (Å²) in [7, 11) is 0. The lowest BCUT2D eigenvalue weighted by molar-refractivity contribution is -0.117. The smallest absolute Gasteiger partial charge is 0.252 e. The van der Waals surface area contributed by atoms with Crippen molar-refractivity contribution < 1.29 is 4.79 Å². The van der Waals surface area contributed by atoms with Crippen LogP contribution in [0.15, 0.2) is 52.4 Å². The van der Waals surface area contributed by atoms with Crippen molar-refractivity contribution in [2.75, 3.05) is 6.26 Å². The molecule has 0 bridgehead atoms. The molecule has 0 saturated heterocycles. The average Bonchev–Trinajstić information content (AvgIpc) is 2.98. The SMILES string of the molecule is CCCn1c(=NC(=O)Cc2ccc(C(C)C)cc2)sc2cc(SC)ccc21. The number of hydrogen-bond acceptors (Lipinski definition) is 3. The highest BCUT2D eigenvalue weighted by atomic mass is 32.2. The van der Waals surface area contributed by atoms with Crippen molar-refractivity contribution in [3.05, 3.63) is 58.4 Å². The minimum Gasteiger partial charge on any atom is -0.316 e. The van der Waals surface area contributed by atoms with Gasteiger partial charge in [-0.15, -0.1) is 11.8 Å². The van der Waals surface area contributed by atoms with E-state index in [1.807, 2.05) is 12.1 Å². The number of amides is 1. The largest absolute Gasteiger partial charge is 0.316 e. The summed E-state index contributed by atoms with van der Waals surface area (Å²) >= 11 is 3.33. The lowest BCUT2D eigenvalue weighted by Crippen LogP contribution is -2.17. The third-order valence-electron chi connectivity index (χ3n) is 4.56. The van der Waals surface area contributed by atoms with Crippen LogP contribution in [0.25, 0.3) is 10.2 Å². The standard InChI is InChI=1S/C22H26N2OS2/c1-5-12-24-19-11-10-18(26-4)14-20(19)27-22(24)23-21(25)13-16-6-8-17(9-7-16)15(2)3/h6-11,14-15H,5,12-13H2,1-4H3. The summed E-state index contributed by atoms with van der Waals surface area (Å²) < 4.78 is 3.35. The number of aromatic nitrogens is 1. The molecule has 5 heteroatoms. The van der Waals surface area contributed by atoms with Gasteiger partial charge in [-0.3, -0.25) is 4.79 Å². The van der Waals surface area contributed by atoms with Crippen molar-refractivity contribution in [3.63, 3.8) is 0 Å². The predicted molar refractivity (Wildman–Crippen MR) is 117 cm³/mol. The van der Waals surface area contributed by atoms with Crippen LogP contribution < -0.4 is 4.80 Å². The first-order valence-corrected chi connectivity index (χ1v) is 11.4. The summed E-state index contributed by atoms with van der Waals surface area (Å²) in [6.07, 6.45) is 3.43. The fourth-order valence-electron chi connectivity index (χ4n) is 3.05. The molecule has 0 saturated carbocycles. The van der Waals surface area contributed by atoms with Crippen LogP contribution in [0.5, 0.6) is 0 Å². The lowest BCUT2D eigenvalue weighted by Gasteiger charge is -2.06. The average molecular weight is 399 g/mol. The van der Waals surface area contributed by atoms with Crippen LogP contribution in [-0.4, -0.2) is 16.7 Å². The van der Waals surface area contributed by atoms with E-state index in [0.29, 0.717) is 12.3 Å². The second-order valence-corrected chi connectivity index (χ2v) is 8.84. The Morgan fingerprint density at radius 2 is 1.93 bits per heavy atom. The molecule has 0 aliphatic rings. The number of carbonyl (C=O) groups excluding carboxylic acids is 1.